The summed E-state index contributed by atoms with van der Waals surface area (Å²) in [6.07, 6.45) is 0.980. The van der Waals surface area contributed by atoms with Gasteiger partial charge in [0.2, 0.25) is 0 Å². The molecule has 3 rings (SSSR count). The predicted molar refractivity (Wildman–Crippen MR) is 111 cm³/mol. The lowest BCUT2D eigenvalue weighted by molar-refractivity contribution is 0.255. The lowest BCUT2D eigenvalue weighted by Crippen LogP contribution is -2.48. The fourth-order valence-corrected chi connectivity index (χ4v) is 3.55. The highest BCUT2D eigenvalue weighted by Gasteiger charge is 2.17. The Bertz CT molecular complexity index is 717. The van der Waals surface area contributed by atoms with Crippen LogP contribution in [0.4, 0.5) is 5.69 Å². The number of nitrogens with zero attached hydrogens (tertiary/aromatic N) is 3. The van der Waals surface area contributed by atoms with Crippen molar-refractivity contribution in [1.29, 1.82) is 0 Å². The molecule has 1 fully saturated rings. The van der Waals surface area contributed by atoms with Gasteiger partial charge in [-0.1, -0.05) is 25.1 Å². The molecule has 1 aromatic heterocycles. The molecule has 2 heterocycles. The minimum absolute atomic E-state index is 0.610. The van der Waals surface area contributed by atoms with Crippen LogP contribution in [-0.4, -0.2) is 49.3 Å². The minimum Gasteiger partial charge on any atom is -0.369 e. The highest BCUT2D eigenvalue weighted by atomic mass is 16.5. The SMILES string of the molecule is Cc1ccc(N2CCN(CCNCc3cc(CC(C)C)no3)CC2)cc1C. The zero-order valence-electron chi connectivity index (χ0n) is 17.3. The Kier molecular flexibility index (Phi) is 6.91. The van der Waals surface area contributed by atoms with Crippen LogP contribution < -0.4 is 10.2 Å². The first kappa shape index (κ1) is 19.9. The van der Waals surface area contributed by atoms with Crippen LogP contribution in [0.25, 0.3) is 0 Å². The molecule has 0 amide bonds. The van der Waals surface area contributed by atoms with Crippen LogP contribution >= 0.6 is 0 Å². The van der Waals surface area contributed by atoms with Gasteiger partial charge in [-0.15, -0.1) is 0 Å². The molecule has 0 radical (unpaired) electrons. The van der Waals surface area contributed by atoms with Gasteiger partial charge in [-0.25, -0.2) is 0 Å². The van der Waals surface area contributed by atoms with Crippen LogP contribution in [-0.2, 0) is 13.0 Å². The molecule has 5 nitrogen and oxygen atoms in total. The molecular formula is C22H34N4O. The van der Waals surface area contributed by atoms with Gasteiger partial charge in [-0.2, -0.15) is 0 Å². The number of benzene rings is 1. The largest absolute Gasteiger partial charge is 0.369 e. The van der Waals surface area contributed by atoms with Crippen LogP contribution in [0.2, 0.25) is 0 Å². The van der Waals surface area contributed by atoms with Gasteiger partial charge in [0.25, 0.3) is 0 Å². The summed E-state index contributed by atoms with van der Waals surface area (Å²) >= 11 is 0. The maximum Gasteiger partial charge on any atom is 0.150 e. The normalized spacial score (nSPS) is 15.7. The van der Waals surface area contributed by atoms with Crippen molar-refractivity contribution in [1.82, 2.24) is 15.4 Å². The van der Waals surface area contributed by atoms with Gasteiger partial charge >= 0.3 is 0 Å². The molecule has 0 bridgehead atoms. The van der Waals surface area contributed by atoms with Crippen molar-refractivity contribution in [3.8, 4) is 0 Å². The lowest BCUT2D eigenvalue weighted by Gasteiger charge is -2.36. The quantitative estimate of drug-likeness (QED) is 0.722. The third-order valence-corrected chi connectivity index (χ3v) is 5.36. The third-order valence-electron chi connectivity index (χ3n) is 5.36. The monoisotopic (exact) mass is 370 g/mol. The Hall–Kier alpha value is -1.85. The first-order valence-electron chi connectivity index (χ1n) is 10.2. The average molecular weight is 371 g/mol. The van der Waals surface area contributed by atoms with Crippen molar-refractivity contribution in [3.63, 3.8) is 0 Å². The molecule has 0 unspecified atom stereocenters. The number of hydrogen-bond donors (Lipinski definition) is 1. The molecule has 0 atom stereocenters. The van der Waals surface area contributed by atoms with E-state index < -0.39 is 0 Å². The average Bonchev–Trinajstić information content (AvgIpc) is 3.08. The molecule has 1 saturated heterocycles. The van der Waals surface area contributed by atoms with Gasteiger partial charge in [-0.05, 0) is 49.4 Å². The number of rotatable bonds is 8. The van der Waals surface area contributed by atoms with Gasteiger partial charge in [-0.3, -0.25) is 4.90 Å². The second kappa shape index (κ2) is 9.38. The third kappa shape index (κ3) is 5.81. The van der Waals surface area contributed by atoms with Crippen LogP contribution in [0.15, 0.2) is 28.8 Å². The zero-order valence-corrected chi connectivity index (χ0v) is 17.3. The zero-order chi connectivity index (χ0) is 19.2. The molecule has 5 heteroatoms. The Morgan fingerprint density at radius 1 is 1.07 bits per heavy atom. The smallest absolute Gasteiger partial charge is 0.150 e. The predicted octanol–water partition coefficient (Wildman–Crippen LogP) is 3.40. The van der Waals surface area contributed by atoms with Crippen molar-refractivity contribution < 1.29 is 4.52 Å². The second-order valence-electron chi connectivity index (χ2n) is 8.16. The van der Waals surface area contributed by atoms with Crippen molar-refractivity contribution >= 4 is 5.69 Å². The molecule has 1 aromatic carbocycles. The number of piperazine rings is 1. The van der Waals surface area contributed by atoms with Crippen molar-refractivity contribution in [2.75, 3.05) is 44.2 Å². The summed E-state index contributed by atoms with van der Waals surface area (Å²) in [5.41, 5.74) is 5.16. The molecular weight excluding hydrogens is 336 g/mol. The summed E-state index contributed by atoms with van der Waals surface area (Å²) in [5.74, 6) is 1.55. The molecule has 0 saturated carbocycles. The molecule has 2 aromatic rings. The molecule has 1 aliphatic rings. The molecule has 1 N–H and O–H groups in total. The van der Waals surface area contributed by atoms with Crippen LogP contribution in [0.5, 0.6) is 0 Å². The van der Waals surface area contributed by atoms with Gasteiger partial charge in [0, 0.05) is 51.0 Å². The van der Waals surface area contributed by atoms with E-state index in [1.54, 1.807) is 0 Å². The van der Waals surface area contributed by atoms with E-state index in [0.29, 0.717) is 5.92 Å². The van der Waals surface area contributed by atoms with E-state index in [9.17, 15) is 0 Å². The van der Waals surface area contributed by atoms with Crippen molar-refractivity contribution in [2.24, 2.45) is 5.92 Å². The first-order chi connectivity index (χ1) is 13.0. The number of aryl methyl sites for hydroxylation is 2. The second-order valence-corrected chi connectivity index (χ2v) is 8.16. The minimum atomic E-state index is 0.610. The maximum atomic E-state index is 5.41. The summed E-state index contributed by atoms with van der Waals surface area (Å²) in [7, 11) is 0. The van der Waals surface area contributed by atoms with Gasteiger partial charge in [0.15, 0.2) is 5.76 Å². The summed E-state index contributed by atoms with van der Waals surface area (Å²) in [5, 5.41) is 7.63. The van der Waals surface area contributed by atoms with Crippen LogP contribution in [0, 0.1) is 19.8 Å². The van der Waals surface area contributed by atoms with E-state index in [0.717, 1.165) is 63.7 Å². The number of hydrogen-bond acceptors (Lipinski definition) is 5. The summed E-state index contributed by atoms with van der Waals surface area (Å²) in [6.45, 7) is 16.0. The Morgan fingerprint density at radius 2 is 1.85 bits per heavy atom. The topological polar surface area (TPSA) is 44.5 Å². The number of anilines is 1. The van der Waals surface area contributed by atoms with Crippen LogP contribution in [0.3, 0.4) is 0 Å². The Labute approximate surface area is 163 Å². The highest BCUT2D eigenvalue weighted by molar-refractivity contribution is 5.51. The summed E-state index contributed by atoms with van der Waals surface area (Å²) in [6, 6.07) is 8.88. The van der Waals surface area contributed by atoms with Gasteiger partial charge in [0.05, 0.1) is 12.2 Å². The lowest BCUT2D eigenvalue weighted by atomic mass is 10.1. The molecule has 148 valence electrons. The Balaban J connectivity index is 1.35. The Morgan fingerprint density at radius 3 is 2.56 bits per heavy atom. The van der Waals surface area contributed by atoms with E-state index in [1.807, 2.05) is 0 Å². The molecule has 1 aliphatic heterocycles. The van der Waals surface area contributed by atoms with Gasteiger partial charge in [0.1, 0.15) is 0 Å². The van der Waals surface area contributed by atoms with E-state index in [-0.39, 0.29) is 0 Å². The maximum absolute atomic E-state index is 5.41. The molecule has 0 spiro atoms. The number of nitrogens with one attached hydrogen (secondary N) is 1. The molecule has 27 heavy (non-hydrogen) atoms. The molecule has 0 aliphatic carbocycles. The fraction of sp³-hybridized carbons (Fsp3) is 0.591. The summed E-state index contributed by atoms with van der Waals surface area (Å²) in [4.78, 5) is 5.04. The van der Waals surface area contributed by atoms with Crippen LogP contribution in [0.1, 0.15) is 36.4 Å². The first-order valence-corrected chi connectivity index (χ1v) is 10.2. The van der Waals surface area contributed by atoms with E-state index >= 15 is 0 Å². The van der Waals surface area contributed by atoms with E-state index in [2.05, 4.69) is 72.2 Å². The van der Waals surface area contributed by atoms with Crippen molar-refractivity contribution in [3.05, 3.63) is 46.8 Å². The standard InChI is InChI=1S/C22H34N4O/c1-17(2)13-20-15-22(27-24-20)16-23-7-8-25-9-11-26(12-10-25)21-6-5-18(3)19(4)14-21/h5-6,14-15,17,23H,7-13,16H2,1-4H3. The number of aromatic nitrogens is 1. The highest BCUT2D eigenvalue weighted by Crippen LogP contribution is 2.20. The van der Waals surface area contributed by atoms with E-state index in [1.165, 1.54) is 16.8 Å². The van der Waals surface area contributed by atoms with Crippen molar-refractivity contribution in [2.45, 2.75) is 40.7 Å². The van der Waals surface area contributed by atoms with E-state index in [4.69, 9.17) is 4.52 Å². The summed E-state index contributed by atoms with van der Waals surface area (Å²) < 4.78 is 5.41. The van der Waals surface area contributed by atoms with Gasteiger partial charge < -0.3 is 14.7 Å². The fourth-order valence-electron chi connectivity index (χ4n) is 3.55.